The molecule has 7 heteroatoms. The van der Waals surface area contributed by atoms with Crippen molar-refractivity contribution in [2.24, 2.45) is 30.2 Å². The molecule has 6 rings (SSSR count). The van der Waals surface area contributed by atoms with Gasteiger partial charge in [0.15, 0.2) is 0 Å². The SMILES string of the molecule is Cc1cc(NC(=O)CN2CCN(C(=O)C34CC5CC(CC(C5)C3)C4)CC2)n(C)n1. The summed E-state index contributed by atoms with van der Waals surface area (Å²) in [6.07, 6.45) is 7.49. The summed E-state index contributed by atoms with van der Waals surface area (Å²) < 4.78 is 1.69. The summed E-state index contributed by atoms with van der Waals surface area (Å²) in [6.45, 7) is 5.32. The Kier molecular flexibility index (Phi) is 4.68. The smallest absolute Gasteiger partial charge is 0.239 e. The minimum absolute atomic E-state index is 0.0196. The molecule has 4 bridgehead atoms. The van der Waals surface area contributed by atoms with Gasteiger partial charge >= 0.3 is 0 Å². The highest BCUT2D eigenvalue weighted by atomic mass is 16.2. The fourth-order valence-corrected chi connectivity index (χ4v) is 6.93. The lowest BCUT2D eigenvalue weighted by molar-refractivity contribution is -0.159. The predicted molar refractivity (Wildman–Crippen MR) is 110 cm³/mol. The lowest BCUT2D eigenvalue weighted by atomic mass is 9.49. The minimum atomic E-state index is -0.0499. The zero-order valence-corrected chi connectivity index (χ0v) is 17.7. The number of carbonyl (C=O) groups excluding carboxylic acids is 2. The van der Waals surface area contributed by atoms with E-state index in [-0.39, 0.29) is 11.3 Å². The summed E-state index contributed by atoms with van der Waals surface area (Å²) in [7, 11) is 1.83. The number of hydrogen-bond donors (Lipinski definition) is 1. The molecule has 2 amide bonds. The Bertz CT molecular complexity index is 773. The standard InChI is InChI=1S/C22H33N5O2/c1-15-7-19(25(2)24-15)23-20(28)14-26-3-5-27(6-4-26)21(29)22-11-16-8-17(12-22)10-18(9-16)13-22/h7,16-18H,3-6,8-14H2,1-2H3,(H,23,28). The lowest BCUT2D eigenvalue weighted by Crippen LogP contribution is -2.58. The van der Waals surface area contributed by atoms with Crippen LogP contribution in [0.3, 0.4) is 0 Å². The van der Waals surface area contributed by atoms with Crippen molar-refractivity contribution in [2.45, 2.75) is 45.4 Å². The van der Waals surface area contributed by atoms with Crippen LogP contribution in [0.25, 0.3) is 0 Å². The number of anilines is 1. The molecule has 2 heterocycles. The van der Waals surface area contributed by atoms with Crippen molar-refractivity contribution in [3.8, 4) is 0 Å². The molecule has 0 atom stereocenters. The van der Waals surface area contributed by atoms with E-state index in [9.17, 15) is 9.59 Å². The molecule has 0 aromatic carbocycles. The molecule has 5 fully saturated rings. The van der Waals surface area contributed by atoms with Gasteiger partial charge in [0, 0.05) is 39.3 Å². The molecule has 158 valence electrons. The van der Waals surface area contributed by atoms with Crippen LogP contribution in [-0.2, 0) is 16.6 Å². The van der Waals surface area contributed by atoms with E-state index in [2.05, 4.69) is 20.2 Å². The molecule has 1 aliphatic heterocycles. The normalized spacial score (nSPS) is 33.9. The first-order chi connectivity index (χ1) is 13.9. The third-order valence-electron chi connectivity index (χ3n) is 7.79. The number of nitrogens with zero attached hydrogens (tertiary/aromatic N) is 4. The van der Waals surface area contributed by atoms with E-state index in [1.807, 2.05) is 20.0 Å². The zero-order chi connectivity index (χ0) is 20.2. The molecule has 4 saturated carbocycles. The first-order valence-corrected chi connectivity index (χ1v) is 11.2. The third-order valence-corrected chi connectivity index (χ3v) is 7.79. The molecule has 29 heavy (non-hydrogen) atoms. The van der Waals surface area contributed by atoms with Crippen molar-refractivity contribution in [2.75, 3.05) is 38.0 Å². The van der Waals surface area contributed by atoms with E-state index in [1.165, 1.54) is 19.3 Å². The molecule has 1 saturated heterocycles. The first kappa shape index (κ1) is 19.1. The van der Waals surface area contributed by atoms with E-state index in [0.29, 0.717) is 12.5 Å². The van der Waals surface area contributed by atoms with E-state index in [1.54, 1.807) is 4.68 Å². The summed E-state index contributed by atoms with van der Waals surface area (Å²) in [5, 5.41) is 7.20. The molecular weight excluding hydrogens is 366 g/mol. The van der Waals surface area contributed by atoms with Gasteiger partial charge in [0.25, 0.3) is 0 Å². The number of hydrogen-bond acceptors (Lipinski definition) is 4. The quantitative estimate of drug-likeness (QED) is 0.841. The highest BCUT2D eigenvalue weighted by molar-refractivity contribution is 5.91. The van der Waals surface area contributed by atoms with Gasteiger partial charge in [-0.3, -0.25) is 19.2 Å². The van der Waals surface area contributed by atoms with Crippen LogP contribution in [0.15, 0.2) is 6.07 Å². The average Bonchev–Trinajstić information content (AvgIpc) is 2.97. The fraction of sp³-hybridized carbons (Fsp3) is 0.773. The van der Waals surface area contributed by atoms with Gasteiger partial charge in [-0.1, -0.05) is 0 Å². The van der Waals surface area contributed by atoms with E-state index in [4.69, 9.17) is 0 Å². The summed E-state index contributed by atoms with van der Waals surface area (Å²) >= 11 is 0. The Balaban J connectivity index is 1.14. The maximum atomic E-state index is 13.5. The van der Waals surface area contributed by atoms with Crippen molar-refractivity contribution in [3.63, 3.8) is 0 Å². The van der Waals surface area contributed by atoms with Crippen molar-refractivity contribution >= 4 is 17.6 Å². The van der Waals surface area contributed by atoms with Gasteiger partial charge in [-0.2, -0.15) is 5.10 Å². The number of aromatic nitrogens is 2. The fourth-order valence-electron chi connectivity index (χ4n) is 6.93. The number of rotatable bonds is 4. The van der Waals surface area contributed by atoms with Crippen LogP contribution in [0.4, 0.5) is 5.82 Å². The van der Waals surface area contributed by atoms with E-state index < -0.39 is 0 Å². The second kappa shape index (κ2) is 7.11. The van der Waals surface area contributed by atoms with Crippen molar-refractivity contribution in [1.82, 2.24) is 19.6 Å². The molecular formula is C22H33N5O2. The zero-order valence-electron chi connectivity index (χ0n) is 17.7. The van der Waals surface area contributed by atoms with Crippen molar-refractivity contribution in [1.29, 1.82) is 0 Å². The second-order valence-corrected chi connectivity index (χ2v) is 10.1. The number of amides is 2. The molecule has 1 aromatic rings. The lowest BCUT2D eigenvalue weighted by Gasteiger charge is -2.57. The Morgan fingerprint density at radius 1 is 1.07 bits per heavy atom. The van der Waals surface area contributed by atoms with Gasteiger partial charge in [0.05, 0.1) is 17.7 Å². The summed E-state index contributed by atoms with van der Waals surface area (Å²) in [5.41, 5.74) is 0.839. The van der Waals surface area contributed by atoms with Crippen LogP contribution in [0, 0.1) is 30.1 Å². The highest BCUT2D eigenvalue weighted by Crippen LogP contribution is 2.60. The van der Waals surface area contributed by atoms with Gasteiger partial charge in [-0.15, -0.1) is 0 Å². The van der Waals surface area contributed by atoms with E-state index >= 15 is 0 Å². The van der Waals surface area contributed by atoms with Crippen LogP contribution in [0.2, 0.25) is 0 Å². The molecule has 4 aliphatic carbocycles. The Labute approximate surface area is 172 Å². The second-order valence-electron chi connectivity index (χ2n) is 10.1. The monoisotopic (exact) mass is 399 g/mol. The van der Waals surface area contributed by atoms with Gasteiger partial charge in [-0.25, -0.2) is 0 Å². The Morgan fingerprint density at radius 3 is 2.17 bits per heavy atom. The molecule has 0 spiro atoms. The van der Waals surface area contributed by atoms with Crippen molar-refractivity contribution < 1.29 is 9.59 Å². The van der Waals surface area contributed by atoms with Gasteiger partial charge in [0.1, 0.15) is 5.82 Å². The molecule has 1 aromatic heterocycles. The highest BCUT2D eigenvalue weighted by Gasteiger charge is 2.55. The van der Waals surface area contributed by atoms with Crippen LogP contribution in [-0.4, -0.2) is 64.1 Å². The average molecular weight is 400 g/mol. The molecule has 1 N–H and O–H groups in total. The van der Waals surface area contributed by atoms with Crippen molar-refractivity contribution in [3.05, 3.63) is 11.8 Å². The van der Waals surface area contributed by atoms with Crippen LogP contribution in [0.5, 0.6) is 0 Å². The van der Waals surface area contributed by atoms with E-state index in [0.717, 1.165) is 74.7 Å². The first-order valence-electron chi connectivity index (χ1n) is 11.2. The van der Waals surface area contributed by atoms with Gasteiger partial charge in [0.2, 0.25) is 11.8 Å². The molecule has 0 radical (unpaired) electrons. The topological polar surface area (TPSA) is 70.5 Å². The third kappa shape index (κ3) is 3.58. The molecule has 7 nitrogen and oxygen atoms in total. The van der Waals surface area contributed by atoms with Crippen LogP contribution < -0.4 is 5.32 Å². The number of piperazine rings is 1. The molecule has 5 aliphatic rings. The van der Waals surface area contributed by atoms with Gasteiger partial charge < -0.3 is 10.2 Å². The van der Waals surface area contributed by atoms with Crippen LogP contribution in [0.1, 0.15) is 44.2 Å². The maximum absolute atomic E-state index is 13.5. The largest absolute Gasteiger partial charge is 0.340 e. The molecule has 0 unspecified atom stereocenters. The number of carbonyl (C=O) groups is 2. The Hall–Kier alpha value is -1.89. The summed E-state index contributed by atoms with van der Waals surface area (Å²) in [5.74, 6) is 3.52. The van der Waals surface area contributed by atoms with Crippen LogP contribution >= 0.6 is 0 Å². The number of aryl methyl sites for hydroxylation is 2. The Morgan fingerprint density at radius 2 is 1.66 bits per heavy atom. The number of nitrogens with one attached hydrogen (secondary N) is 1. The summed E-state index contributed by atoms with van der Waals surface area (Å²) in [6, 6.07) is 1.87. The predicted octanol–water partition coefficient (Wildman–Crippen LogP) is 2.03. The van der Waals surface area contributed by atoms with Gasteiger partial charge in [-0.05, 0) is 63.2 Å². The maximum Gasteiger partial charge on any atom is 0.239 e. The minimum Gasteiger partial charge on any atom is -0.340 e. The summed E-state index contributed by atoms with van der Waals surface area (Å²) in [4.78, 5) is 30.2.